The molecule has 10 N–H and O–H groups in total. The molecule has 15 nitrogen and oxygen atoms in total. The van der Waals surface area contributed by atoms with Crippen molar-refractivity contribution in [2.75, 3.05) is 31.9 Å². The van der Waals surface area contributed by atoms with Gasteiger partial charge in [-0.3, -0.25) is 29.0 Å². The number of amides is 5. The Kier molecular flexibility index (Phi) is 14.0. The number of nitrogens with zero attached hydrogens (tertiary/aromatic N) is 2. The standard InChI is InChI=1S/C21H37N9O6S/c1-12(10-31)28-19(35)14(11-37)29-16(32)8-26-20(36)15-5-3-7-30(15)17(33)9-27-18(34)13(22)4-2-6-25-21(23)24/h10,12-15,37H,2-9,11,22H2,1H3,(H,26,36)(H,27,34)(H,28,35)(H,29,32)(H4,23,24,25)/t12-,13-,14-,15-/m0/s1. The van der Waals surface area contributed by atoms with Crippen molar-refractivity contribution in [3.8, 4) is 0 Å². The Morgan fingerprint density at radius 2 is 1.81 bits per heavy atom. The van der Waals surface area contributed by atoms with Crippen LogP contribution in [0.4, 0.5) is 0 Å². The van der Waals surface area contributed by atoms with E-state index in [0.29, 0.717) is 45.1 Å². The van der Waals surface area contributed by atoms with Crippen LogP contribution in [0.15, 0.2) is 4.99 Å². The Morgan fingerprint density at radius 1 is 1.11 bits per heavy atom. The van der Waals surface area contributed by atoms with Crippen LogP contribution in [0.1, 0.15) is 32.6 Å². The van der Waals surface area contributed by atoms with Gasteiger partial charge in [0.05, 0.1) is 25.2 Å². The monoisotopic (exact) mass is 543 g/mol. The Morgan fingerprint density at radius 3 is 2.43 bits per heavy atom. The van der Waals surface area contributed by atoms with Gasteiger partial charge in [-0.1, -0.05) is 0 Å². The van der Waals surface area contributed by atoms with Gasteiger partial charge in [0.15, 0.2) is 5.96 Å². The maximum Gasteiger partial charge on any atom is 0.243 e. The molecule has 0 aromatic rings. The smallest absolute Gasteiger partial charge is 0.243 e. The third-order valence-corrected chi connectivity index (χ3v) is 5.79. The lowest BCUT2D eigenvalue weighted by Crippen LogP contribution is -2.54. The highest BCUT2D eigenvalue weighted by Crippen LogP contribution is 2.17. The number of thiol groups is 1. The van der Waals surface area contributed by atoms with E-state index in [1.54, 1.807) is 0 Å². The zero-order valence-corrected chi connectivity index (χ0v) is 21.7. The summed E-state index contributed by atoms with van der Waals surface area (Å²) in [7, 11) is 0. The summed E-state index contributed by atoms with van der Waals surface area (Å²) in [6.45, 7) is 1.37. The summed E-state index contributed by atoms with van der Waals surface area (Å²) in [6.07, 6.45) is 2.31. The maximum absolute atomic E-state index is 12.6. The SMILES string of the molecule is C[C@@H](C=O)NC(=O)[C@H](CS)NC(=O)CNC(=O)[C@@H]1CCCN1C(=O)CNC(=O)[C@@H](N)CCCN=C(N)N. The average molecular weight is 544 g/mol. The molecule has 0 saturated carbocycles. The van der Waals surface area contributed by atoms with E-state index in [1.807, 2.05) is 0 Å². The van der Waals surface area contributed by atoms with Crippen molar-refractivity contribution < 1.29 is 28.8 Å². The third-order valence-electron chi connectivity index (χ3n) is 5.43. The minimum Gasteiger partial charge on any atom is -0.370 e. The molecule has 37 heavy (non-hydrogen) atoms. The molecule has 1 aliphatic rings. The minimum absolute atomic E-state index is 0.0202. The van der Waals surface area contributed by atoms with E-state index in [4.69, 9.17) is 17.2 Å². The Labute approximate surface area is 220 Å². The summed E-state index contributed by atoms with van der Waals surface area (Å²) < 4.78 is 0. The van der Waals surface area contributed by atoms with Crippen molar-refractivity contribution in [1.82, 2.24) is 26.2 Å². The molecule has 5 amide bonds. The van der Waals surface area contributed by atoms with E-state index in [1.165, 1.54) is 11.8 Å². The molecular weight excluding hydrogens is 506 g/mol. The first-order chi connectivity index (χ1) is 17.5. The fourth-order valence-corrected chi connectivity index (χ4v) is 3.72. The van der Waals surface area contributed by atoms with Gasteiger partial charge in [-0.25, -0.2) is 0 Å². The molecule has 16 heteroatoms. The van der Waals surface area contributed by atoms with Crippen molar-refractivity contribution in [2.24, 2.45) is 22.2 Å². The molecule has 1 saturated heterocycles. The van der Waals surface area contributed by atoms with Crippen molar-refractivity contribution in [3.63, 3.8) is 0 Å². The number of hydrogen-bond donors (Lipinski definition) is 8. The molecular formula is C21H37N9O6S. The largest absolute Gasteiger partial charge is 0.370 e. The molecule has 1 fully saturated rings. The quantitative estimate of drug-likeness (QED) is 0.0327. The van der Waals surface area contributed by atoms with Gasteiger partial charge in [-0.2, -0.15) is 12.6 Å². The highest BCUT2D eigenvalue weighted by molar-refractivity contribution is 7.80. The van der Waals surface area contributed by atoms with E-state index in [0.717, 1.165) is 0 Å². The average Bonchev–Trinajstić information content (AvgIpc) is 3.36. The number of carbonyl (C=O) groups excluding carboxylic acids is 6. The molecule has 0 aromatic heterocycles. The van der Waals surface area contributed by atoms with Crippen LogP contribution < -0.4 is 38.5 Å². The summed E-state index contributed by atoms with van der Waals surface area (Å²) in [5.41, 5.74) is 16.3. The fraction of sp³-hybridized carbons (Fsp3) is 0.667. The van der Waals surface area contributed by atoms with Crippen LogP contribution in [-0.2, 0) is 28.8 Å². The zero-order valence-electron chi connectivity index (χ0n) is 20.8. The van der Waals surface area contributed by atoms with Crippen LogP contribution in [-0.4, -0.2) is 103 Å². The number of hydrogen-bond acceptors (Lipinski definition) is 9. The van der Waals surface area contributed by atoms with E-state index >= 15 is 0 Å². The van der Waals surface area contributed by atoms with E-state index in [2.05, 4.69) is 38.9 Å². The summed E-state index contributed by atoms with van der Waals surface area (Å²) in [5, 5.41) is 9.76. The minimum atomic E-state index is -0.999. The summed E-state index contributed by atoms with van der Waals surface area (Å²) in [6, 6.07) is -3.37. The molecule has 1 aliphatic heterocycles. The van der Waals surface area contributed by atoms with Crippen LogP contribution >= 0.6 is 12.6 Å². The second-order valence-corrected chi connectivity index (χ2v) is 8.84. The molecule has 0 bridgehead atoms. The van der Waals surface area contributed by atoms with Gasteiger partial charge in [0.1, 0.15) is 18.4 Å². The molecule has 1 heterocycles. The molecule has 0 aromatic carbocycles. The molecule has 0 radical (unpaired) electrons. The molecule has 1 rings (SSSR count). The number of nitrogens with two attached hydrogens (primary N) is 3. The molecule has 0 unspecified atom stereocenters. The first kappa shape index (κ1) is 31.6. The molecule has 208 valence electrons. The molecule has 0 spiro atoms. The number of aliphatic imine (C=N–C) groups is 1. The van der Waals surface area contributed by atoms with Crippen LogP contribution in [0.3, 0.4) is 0 Å². The van der Waals surface area contributed by atoms with E-state index in [9.17, 15) is 28.8 Å². The number of guanidine groups is 1. The summed E-state index contributed by atoms with van der Waals surface area (Å²) in [5.74, 6) is -2.81. The highest BCUT2D eigenvalue weighted by atomic mass is 32.1. The van der Waals surface area contributed by atoms with E-state index < -0.39 is 60.2 Å². The van der Waals surface area contributed by atoms with Gasteiger partial charge in [0.2, 0.25) is 29.5 Å². The molecule has 4 atom stereocenters. The van der Waals surface area contributed by atoms with Gasteiger partial charge >= 0.3 is 0 Å². The van der Waals surface area contributed by atoms with Crippen molar-refractivity contribution >= 4 is 54.4 Å². The van der Waals surface area contributed by atoms with E-state index in [-0.39, 0.29) is 18.3 Å². The fourth-order valence-electron chi connectivity index (χ4n) is 3.47. The number of carbonyl (C=O) groups is 6. The van der Waals surface area contributed by atoms with Gasteiger partial charge < -0.3 is 48.2 Å². The van der Waals surface area contributed by atoms with Crippen molar-refractivity contribution in [1.29, 1.82) is 0 Å². The Bertz CT molecular complexity index is 867. The van der Waals surface area contributed by atoms with Crippen LogP contribution in [0.2, 0.25) is 0 Å². The molecule has 0 aliphatic carbocycles. The topological polar surface area (TPSA) is 244 Å². The first-order valence-corrected chi connectivity index (χ1v) is 12.4. The van der Waals surface area contributed by atoms with Gasteiger partial charge in [-0.05, 0) is 32.6 Å². The number of rotatable bonds is 15. The zero-order chi connectivity index (χ0) is 28.0. The van der Waals surface area contributed by atoms with Crippen LogP contribution in [0.25, 0.3) is 0 Å². The van der Waals surface area contributed by atoms with Crippen LogP contribution in [0.5, 0.6) is 0 Å². The Hall–Kier alpha value is -3.40. The Balaban J connectivity index is 2.49. The number of likely N-dealkylation sites (tertiary alicyclic amines) is 1. The second kappa shape index (κ2) is 16.4. The lowest BCUT2D eigenvalue weighted by Gasteiger charge is -2.24. The van der Waals surface area contributed by atoms with Gasteiger partial charge in [-0.15, -0.1) is 0 Å². The number of nitrogens with one attached hydrogen (secondary N) is 4. The highest BCUT2D eigenvalue weighted by Gasteiger charge is 2.34. The lowest BCUT2D eigenvalue weighted by molar-refractivity contribution is -0.139. The van der Waals surface area contributed by atoms with Gasteiger partial charge in [0, 0.05) is 18.8 Å². The third kappa shape index (κ3) is 11.5. The number of aldehydes is 1. The second-order valence-electron chi connectivity index (χ2n) is 8.47. The first-order valence-electron chi connectivity index (χ1n) is 11.8. The maximum atomic E-state index is 12.6. The predicted octanol–water partition coefficient (Wildman–Crippen LogP) is -4.29. The van der Waals surface area contributed by atoms with Crippen LogP contribution in [0, 0.1) is 0 Å². The van der Waals surface area contributed by atoms with Gasteiger partial charge in [0.25, 0.3) is 0 Å². The summed E-state index contributed by atoms with van der Waals surface area (Å²) in [4.78, 5) is 77.5. The summed E-state index contributed by atoms with van der Waals surface area (Å²) >= 11 is 4.02. The lowest BCUT2D eigenvalue weighted by atomic mass is 10.1. The predicted molar refractivity (Wildman–Crippen MR) is 138 cm³/mol. The van der Waals surface area contributed by atoms with Crippen molar-refractivity contribution in [2.45, 2.75) is 56.8 Å². The van der Waals surface area contributed by atoms with Crippen molar-refractivity contribution in [3.05, 3.63) is 0 Å². The normalized spacial score (nSPS) is 17.1.